The van der Waals surface area contributed by atoms with Crippen LogP contribution in [0.25, 0.3) is 0 Å². The summed E-state index contributed by atoms with van der Waals surface area (Å²) in [7, 11) is -3.12. The van der Waals surface area contributed by atoms with Crippen molar-refractivity contribution >= 4 is 27.4 Å². The molecule has 0 bridgehead atoms. The number of para-hydroxylation sites is 1. The predicted molar refractivity (Wildman–Crippen MR) is 92.5 cm³/mol. The van der Waals surface area contributed by atoms with E-state index in [2.05, 4.69) is 4.74 Å². The second-order valence-corrected chi connectivity index (χ2v) is 6.93. The van der Waals surface area contributed by atoms with E-state index in [0.717, 1.165) is 23.5 Å². The average Bonchev–Trinajstić information content (AvgIpc) is 2.65. The molecule has 0 aliphatic rings. The minimum Gasteiger partial charge on any atom is -0.465 e. The number of nitro groups is 1. The van der Waals surface area contributed by atoms with E-state index in [1.54, 1.807) is 0 Å². The number of carbonyl (C=O) groups excluding carboxylic acids is 1. The summed E-state index contributed by atoms with van der Waals surface area (Å²) in [5.41, 5.74) is -0.409. The summed E-state index contributed by atoms with van der Waals surface area (Å²) in [6, 6.07) is 10.4. The van der Waals surface area contributed by atoms with Crippen LogP contribution in [-0.2, 0) is 14.8 Å². The molecule has 9 nitrogen and oxygen atoms in total. The molecule has 0 saturated carbocycles. The van der Waals surface area contributed by atoms with Crippen LogP contribution in [0.1, 0.15) is 10.4 Å². The summed E-state index contributed by atoms with van der Waals surface area (Å²) >= 11 is 0. The molecular formula is C16H16N2O7S. The Kier molecular flexibility index (Phi) is 5.90. The molecule has 2 aromatic rings. The molecule has 0 aliphatic carbocycles. The number of ether oxygens (including phenoxy) is 1. The molecule has 0 saturated heterocycles. The highest BCUT2D eigenvalue weighted by molar-refractivity contribution is 7.92. The molecule has 2 rings (SSSR count). The minimum absolute atomic E-state index is 0.0000869. The number of esters is 1. The van der Waals surface area contributed by atoms with Crippen molar-refractivity contribution < 1.29 is 28.0 Å². The molecule has 0 amide bonds. The van der Waals surface area contributed by atoms with Gasteiger partial charge in [-0.3, -0.25) is 14.4 Å². The average molecular weight is 380 g/mol. The van der Waals surface area contributed by atoms with Crippen LogP contribution in [0.5, 0.6) is 0 Å². The maximum Gasteiger partial charge on any atom is 0.340 e. The van der Waals surface area contributed by atoms with E-state index in [1.165, 1.54) is 36.4 Å². The number of benzene rings is 2. The smallest absolute Gasteiger partial charge is 0.340 e. The van der Waals surface area contributed by atoms with Gasteiger partial charge < -0.3 is 9.84 Å². The first kappa shape index (κ1) is 19.3. The van der Waals surface area contributed by atoms with E-state index in [4.69, 9.17) is 0 Å². The van der Waals surface area contributed by atoms with Gasteiger partial charge in [-0.1, -0.05) is 18.2 Å². The van der Waals surface area contributed by atoms with Crippen LogP contribution in [0.15, 0.2) is 53.4 Å². The number of methoxy groups -OCH3 is 1. The zero-order valence-electron chi connectivity index (χ0n) is 13.7. The van der Waals surface area contributed by atoms with Gasteiger partial charge in [0.25, 0.3) is 15.7 Å². The predicted octanol–water partition coefficient (Wildman–Crippen LogP) is 1.57. The standard InChI is InChI=1S/C16H16N2O7S/c1-25-16(20)14-7-2-3-8-15(14)17(9-10-19)26(23,24)13-6-4-5-12(11-13)18(21)22/h2-8,11,19H,9-10H2,1H3. The van der Waals surface area contributed by atoms with Crippen LogP contribution >= 0.6 is 0 Å². The van der Waals surface area contributed by atoms with Crippen LogP contribution in [0.3, 0.4) is 0 Å². The van der Waals surface area contributed by atoms with Crippen molar-refractivity contribution in [1.82, 2.24) is 0 Å². The Balaban J connectivity index is 2.62. The van der Waals surface area contributed by atoms with Crippen molar-refractivity contribution in [3.63, 3.8) is 0 Å². The molecule has 10 heteroatoms. The maximum absolute atomic E-state index is 13.0. The Morgan fingerprint density at radius 1 is 1.23 bits per heavy atom. The number of nitro benzene ring substituents is 1. The lowest BCUT2D eigenvalue weighted by molar-refractivity contribution is -0.385. The van der Waals surface area contributed by atoms with Gasteiger partial charge in [-0.15, -0.1) is 0 Å². The quantitative estimate of drug-likeness (QED) is 0.439. The van der Waals surface area contributed by atoms with Gasteiger partial charge in [-0.05, 0) is 18.2 Å². The SMILES string of the molecule is COC(=O)c1ccccc1N(CCO)S(=O)(=O)c1cccc([N+](=O)[O-])c1. The Labute approximate surface area is 149 Å². The molecule has 0 aromatic heterocycles. The summed E-state index contributed by atoms with van der Waals surface area (Å²) in [4.78, 5) is 21.8. The molecule has 0 aliphatic heterocycles. The van der Waals surface area contributed by atoms with Crippen molar-refractivity contribution in [3.05, 3.63) is 64.2 Å². The summed E-state index contributed by atoms with van der Waals surface area (Å²) in [6.45, 7) is -0.872. The summed E-state index contributed by atoms with van der Waals surface area (Å²) in [5.74, 6) is -0.752. The third-order valence-electron chi connectivity index (χ3n) is 3.50. The van der Waals surface area contributed by atoms with Crippen molar-refractivity contribution in [2.45, 2.75) is 4.90 Å². The largest absolute Gasteiger partial charge is 0.465 e. The summed E-state index contributed by atoms with van der Waals surface area (Å²) in [5, 5.41) is 20.2. The molecule has 0 fully saturated rings. The number of sulfonamides is 1. The lowest BCUT2D eigenvalue weighted by Gasteiger charge is -2.25. The van der Waals surface area contributed by atoms with Gasteiger partial charge in [-0.25, -0.2) is 13.2 Å². The second kappa shape index (κ2) is 7.93. The van der Waals surface area contributed by atoms with Gasteiger partial charge in [0.15, 0.2) is 0 Å². The van der Waals surface area contributed by atoms with E-state index in [0.29, 0.717) is 0 Å². The molecule has 0 heterocycles. The molecule has 138 valence electrons. The van der Waals surface area contributed by atoms with Gasteiger partial charge >= 0.3 is 5.97 Å². The zero-order chi connectivity index (χ0) is 19.3. The maximum atomic E-state index is 13.0. The number of aliphatic hydroxyl groups excluding tert-OH is 1. The highest BCUT2D eigenvalue weighted by Crippen LogP contribution is 2.28. The van der Waals surface area contributed by atoms with Crippen molar-refractivity contribution in [2.24, 2.45) is 0 Å². The lowest BCUT2D eigenvalue weighted by Crippen LogP contribution is -2.35. The monoisotopic (exact) mass is 380 g/mol. The third-order valence-corrected chi connectivity index (χ3v) is 5.31. The number of nitrogens with zero attached hydrogens (tertiary/aromatic N) is 2. The number of non-ortho nitro benzene ring substituents is 1. The third kappa shape index (κ3) is 3.81. The van der Waals surface area contributed by atoms with Gasteiger partial charge in [0.05, 0.1) is 41.3 Å². The molecular weight excluding hydrogens is 364 g/mol. The first-order valence-corrected chi connectivity index (χ1v) is 8.82. The Bertz CT molecular complexity index is 928. The highest BCUT2D eigenvalue weighted by atomic mass is 32.2. The molecule has 0 unspecified atom stereocenters. The van der Waals surface area contributed by atoms with Gasteiger partial charge in [0, 0.05) is 12.1 Å². The van der Waals surface area contributed by atoms with Crippen LogP contribution in [0.2, 0.25) is 0 Å². The highest BCUT2D eigenvalue weighted by Gasteiger charge is 2.29. The molecule has 1 N–H and O–H groups in total. The zero-order valence-corrected chi connectivity index (χ0v) is 14.5. The number of hydrogen-bond donors (Lipinski definition) is 1. The minimum atomic E-state index is -4.28. The van der Waals surface area contributed by atoms with E-state index < -0.39 is 33.2 Å². The molecule has 0 atom stereocenters. The summed E-state index contributed by atoms with van der Waals surface area (Å²) in [6.07, 6.45) is 0. The molecule has 2 aromatic carbocycles. The van der Waals surface area contributed by atoms with Gasteiger partial charge in [0.2, 0.25) is 0 Å². The summed E-state index contributed by atoms with van der Waals surface area (Å²) < 4.78 is 31.5. The number of carbonyl (C=O) groups is 1. The molecule has 26 heavy (non-hydrogen) atoms. The van der Waals surface area contributed by atoms with E-state index in [9.17, 15) is 28.4 Å². The van der Waals surface area contributed by atoms with E-state index in [-0.39, 0.29) is 22.7 Å². The molecule has 0 radical (unpaired) electrons. The van der Waals surface area contributed by atoms with E-state index >= 15 is 0 Å². The van der Waals surface area contributed by atoms with Crippen molar-refractivity contribution in [2.75, 3.05) is 24.6 Å². The van der Waals surface area contributed by atoms with Crippen molar-refractivity contribution in [3.8, 4) is 0 Å². The van der Waals surface area contributed by atoms with Gasteiger partial charge in [-0.2, -0.15) is 0 Å². The number of aliphatic hydroxyl groups is 1. The Hall–Kier alpha value is -2.98. The number of hydrogen-bond acceptors (Lipinski definition) is 7. The van der Waals surface area contributed by atoms with E-state index in [1.807, 2.05) is 0 Å². The Morgan fingerprint density at radius 2 is 1.92 bits per heavy atom. The van der Waals surface area contributed by atoms with Crippen LogP contribution in [0, 0.1) is 10.1 Å². The fourth-order valence-electron chi connectivity index (χ4n) is 2.32. The Morgan fingerprint density at radius 3 is 2.54 bits per heavy atom. The topological polar surface area (TPSA) is 127 Å². The van der Waals surface area contributed by atoms with Crippen molar-refractivity contribution in [1.29, 1.82) is 0 Å². The van der Waals surface area contributed by atoms with Crippen LogP contribution in [0.4, 0.5) is 11.4 Å². The first-order valence-electron chi connectivity index (χ1n) is 7.38. The second-order valence-electron chi connectivity index (χ2n) is 5.06. The fourth-order valence-corrected chi connectivity index (χ4v) is 3.83. The lowest BCUT2D eigenvalue weighted by atomic mass is 10.2. The number of rotatable bonds is 7. The number of anilines is 1. The first-order chi connectivity index (χ1) is 12.3. The van der Waals surface area contributed by atoms with Crippen LogP contribution in [-0.4, -0.2) is 44.7 Å². The fraction of sp³-hybridized carbons (Fsp3) is 0.188. The normalized spacial score (nSPS) is 11.0. The van der Waals surface area contributed by atoms with Gasteiger partial charge in [0.1, 0.15) is 0 Å². The van der Waals surface area contributed by atoms with Crippen LogP contribution < -0.4 is 4.31 Å². The molecule has 0 spiro atoms.